The van der Waals surface area contributed by atoms with Crippen LogP contribution in [0, 0.1) is 0 Å². The standard InChI is InChI=1S/C23H25NO5S2/c1-28-18-8-5-17(6-9-18)7-14-23(25)24-16-22(21-4-3-15-30-21)31(26,27)20-12-10-19(29-2)11-13-20/h3-6,8-13,15,22H,7,14,16H2,1-2H3,(H,24,25)/t22-/m1/s1. The lowest BCUT2D eigenvalue weighted by Crippen LogP contribution is -2.31. The Morgan fingerprint density at radius 3 is 2.13 bits per heavy atom. The number of sulfone groups is 1. The first-order valence-electron chi connectivity index (χ1n) is 9.75. The highest BCUT2D eigenvalue weighted by molar-refractivity contribution is 7.91. The van der Waals surface area contributed by atoms with Gasteiger partial charge in [-0.15, -0.1) is 11.3 Å². The summed E-state index contributed by atoms with van der Waals surface area (Å²) in [5.41, 5.74) is 1.01. The maximum absolute atomic E-state index is 13.3. The molecule has 0 spiro atoms. The largest absolute Gasteiger partial charge is 0.497 e. The molecule has 1 heterocycles. The topological polar surface area (TPSA) is 81.7 Å². The minimum Gasteiger partial charge on any atom is -0.497 e. The number of thiophene rings is 1. The lowest BCUT2D eigenvalue weighted by atomic mass is 10.1. The van der Waals surface area contributed by atoms with E-state index in [9.17, 15) is 13.2 Å². The van der Waals surface area contributed by atoms with Crippen molar-refractivity contribution in [2.24, 2.45) is 0 Å². The molecule has 0 bridgehead atoms. The lowest BCUT2D eigenvalue weighted by molar-refractivity contribution is -0.121. The van der Waals surface area contributed by atoms with Crippen LogP contribution in [0.15, 0.2) is 70.9 Å². The molecular formula is C23H25NO5S2. The summed E-state index contributed by atoms with van der Waals surface area (Å²) in [5, 5.41) is 3.78. The van der Waals surface area contributed by atoms with E-state index in [0.29, 0.717) is 17.0 Å². The van der Waals surface area contributed by atoms with Gasteiger partial charge in [0, 0.05) is 17.8 Å². The molecule has 0 saturated carbocycles. The van der Waals surface area contributed by atoms with Gasteiger partial charge in [-0.05, 0) is 59.8 Å². The van der Waals surface area contributed by atoms with Crippen LogP contribution in [-0.4, -0.2) is 35.1 Å². The summed E-state index contributed by atoms with van der Waals surface area (Å²) >= 11 is 1.36. The Bertz CT molecular complexity index is 1080. The SMILES string of the molecule is COc1ccc(CCC(=O)NC[C@H](c2cccs2)S(=O)(=O)c2ccc(OC)cc2)cc1. The molecule has 6 nitrogen and oxygen atoms in total. The van der Waals surface area contributed by atoms with Gasteiger partial charge in [0.2, 0.25) is 5.91 Å². The van der Waals surface area contributed by atoms with Gasteiger partial charge in [0.1, 0.15) is 16.7 Å². The number of carbonyl (C=O) groups is 1. The second-order valence-corrected chi connectivity index (χ2v) is 9.99. The van der Waals surface area contributed by atoms with Crippen molar-refractivity contribution in [2.45, 2.75) is 23.0 Å². The van der Waals surface area contributed by atoms with Crippen molar-refractivity contribution in [2.75, 3.05) is 20.8 Å². The number of aryl methyl sites for hydroxylation is 1. The first-order chi connectivity index (χ1) is 14.9. The Morgan fingerprint density at radius 1 is 0.968 bits per heavy atom. The third-order valence-corrected chi connectivity index (χ3v) is 8.14. The van der Waals surface area contributed by atoms with Crippen LogP contribution in [0.1, 0.15) is 22.1 Å². The smallest absolute Gasteiger partial charge is 0.220 e. The first-order valence-corrected chi connectivity index (χ1v) is 12.2. The Morgan fingerprint density at radius 2 is 1.58 bits per heavy atom. The molecule has 31 heavy (non-hydrogen) atoms. The van der Waals surface area contributed by atoms with Gasteiger partial charge in [-0.1, -0.05) is 18.2 Å². The molecule has 0 radical (unpaired) electrons. The molecule has 3 aromatic rings. The van der Waals surface area contributed by atoms with E-state index in [1.165, 1.54) is 30.6 Å². The van der Waals surface area contributed by atoms with Gasteiger partial charge in [-0.25, -0.2) is 8.42 Å². The molecule has 1 atom stereocenters. The predicted molar refractivity (Wildman–Crippen MR) is 122 cm³/mol. The normalized spacial score (nSPS) is 12.2. The highest BCUT2D eigenvalue weighted by atomic mass is 32.2. The number of methoxy groups -OCH3 is 2. The number of carbonyl (C=O) groups excluding carboxylic acids is 1. The van der Waals surface area contributed by atoms with Gasteiger partial charge in [-0.3, -0.25) is 4.79 Å². The summed E-state index contributed by atoms with van der Waals surface area (Å²) in [4.78, 5) is 13.3. The summed E-state index contributed by atoms with van der Waals surface area (Å²) in [6.45, 7) is 0.0102. The molecule has 0 unspecified atom stereocenters. The second-order valence-electron chi connectivity index (χ2n) is 6.88. The quantitative estimate of drug-likeness (QED) is 0.495. The Kier molecular flexibility index (Phi) is 7.70. The summed E-state index contributed by atoms with van der Waals surface area (Å²) < 4.78 is 36.8. The van der Waals surface area contributed by atoms with E-state index in [2.05, 4.69) is 5.32 Å². The van der Waals surface area contributed by atoms with E-state index < -0.39 is 15.1 Å². The third kappa shape index (κ3) is 5.86. The fourth-order valence-corrected chi connectivity index (χ4v) is 5.90. The van der Waals surface area contributed by atoms with Crippen LogP contribution in [0.5, 0.6) is 11.5 Å². The van der Waals surface area contributed by atoms with Crippen LogP contribution in [0.2, 0.25) is 0 Å². The highest BCUT2D eigenvalue weighted by Gasteiger charge is 2.30. The molecule has 2 aromatic carbocycles. The van der Waals surface area contributed by atoms with Crippen molar-refractivity contribution >= 4 is 27.1 Å². The third-order valence-electron chi connectivity index (χ3n) is 4.91. The summed E-state index contributed by atoms with van der Waals surface area (Å²) in [7, 11) is -0.562. The molecule has 0 aliphatic heterocycles. The number of hydrogen-bond donors (Lipinski definition) is 1. The zero-order valence-corrected chi connectivity index (χ0v) is 19.0. The molecule has 1 amide bonds. The minimum absolute atomic E-state index is 0.0102. The number of benzene rings is 2. The second kappa shape index (κ2) is 10.5. The van der Waals surface area contributed by atoms with Crippen molar-refractivity contribution in [3.05, 3.63) is 76.5 Å². The van der Waals surface area contributed by atoms with Crippen LogP contribution in [0.3, 0.4) is 0 Å². The molecule has 0 saturated heterocycles. The molecule has 164 valence electrons. The maximum Gasteiger partial charge on any atom is 0.220 e. The number of nitrogens with one attached hydrogen (secondary N) is 1. The first kappa shape index (κ1) is 22.8. The van der Waals surface area contributed by atoms with E-state index in [1.807, 2.05) is 35.7 Å². The molecule has 0 aliphatic carbocycles. The van der Waals surface area contributed by atoms with Gasteiger partial charge >= 0.3 is 0 Å². The van der Waals surface area contributed by atoms with Gasteiger partial charge in [0.15, 0.2) is 9.84 Å². The van der Waals surface area contributed by atoms with Gasteiger partial charge < -0.3 is 14.8 Å². The maximum atomic E-state index is 13.3. The van der Waals surface area contributed by atoms with Crippen LogP contribution >= 0.6 is 11.3 Å². The van der Waals surface area contributed by atoms with Crippen molar-refractivity contribution in [1.82, 2.24) is 5.32 Å². The zero-order chi connectivity index (χ0) is 22.3. The predicted octanol–water partition coefficient (Wildman–Crippen LogP) is 4.03. The average Bonchev–Trinajstić information content (AvgIpc) is 3.32. The van der Waals surface area contributed by atoms with Crippen LogP contribution in [-0.2, 0) is 21.1 Å². The number of rotatable bonds is 10. The highest BCUT2D eigenvalue weighted by Crippen LogP contribution is 2.32. The van der Waals surface area contributed by atoms with Gasteiger partial charge in [-0.2, -0.15) is 0 Å². The molecular weight excluding hydrogens is 434 g/mol. The molecule has 3 rings (SSSR count). The van der Waals surface area contributed by atoms with Crippen LogP contribution < -0.4 is 14.8 Å². The summed E-state index contributed by atoms with van der Waals surface area (Å²) in [6, 6.07) is 17.4. The van der Waals surface area contributed by atoms with Gasteiger partial charge in [0.25, 0.3) is 0 Å². The number of ether oxygens (including phenoxy) is 2. The van der Waals surface area contributed by atoms with Gasteiger partial charge in [0.05, 0.1) is 19.1 Å². The van der Waals surface area contributed by atoms with E-state index >= 15 is 0 Å². The number of hydrogen-bond acceptors (Lipinski definition) is 6. The fraction of sp³-hybridized carbons (Fsp3) is 0.261. The monoisotopic (exact) mass is 459 g/mol. The minimum atomic E-state index is -3.69. The summed E-state index contributed by atoms with van der Waals surface area (Å²) in [6.07, 6.45) is 0.830. The average molecular weight is 460 g/mol. The van der Waals surface area contributed by atoms with Crippen molar-refractivity contribution in [3.63, 3.8) is 0 Å². The van der Waals surface area contributed by atoms with Crippen molar-refractivity contribution in [3.8, 4) is 11.5 Å². The Hall–Kier alpha value is -2.84. The van der Waals surface area contributed by atoms with Crippen molar-refractivity contribution in [1.29, 1.82) is 0 Å². The van der Waals surface area contributed by atoms with Crippen LogP contribution in [0.4, 0.5) is 0 Å². The van der Waals surface area contributed by atoms with E-state index in [-0.39, 0.29) is 23.8 Å². The Balaban J connectivity index is 1.67. The van der Waals surface area contributed by atoms with E-state index in [4.69, 9.17) is 9.47 Å². The number of amides is 1. The van der Waals surface area contributed by atoms with E-state index in [1.54, 1.807) is 25.3 Å². The zero-order valence-electron chi connectivity index (χ0n) is 17.4. The van der Waals surface area contributed by atoms with Crippen molar-refractivity contribution < 1.29 is 22.7 Å². The molecule has 8 heteroatoms. The summed E-state index contributed by atoms with van der Waals surface area (Å²) in [5.74, 6) is 1.15. The molecule has 1 aromatic heterocycles. The molecule has 0 aliphatic rings. The fourth-order valence-electron chi connectivity index (χ4n) is 3.11. The van der Waals surface area contributed by atoms with E-state index in [0.717, 1.165) is 11.3 Å². The lowest BCUT2D eigenvalue weighted by Gasteiger charge is -2.18. The van der Waals surface area contributed by atoms with Crippen LogP contribution in [0.25, 0.3) is 0 Å². The molecule has 0 fully saturated rings. The molecule has 1 N–H and O–H groups in total. The Labute approximate surface area is 186 Å².